The Morgan fingerprint density at radius 2 is 1.30 bits per heavy atom. The zero-order chi connectivity index (χ0) is 15.0. The van der Waals surface area contributed by atoms with Gasteiger partial charge in [0.25, 0.3) is 0 Å². The first-order valence-electron chi connectivity index (χ1n) is 8.88. The van der Waals surface area contributed by atoms with Gasteiger partial charge in [0, 0.05) is 6.54 Å². The van der Waals surface area contributed by atoms with Crippen molar-refractivity contribution < 1.29 is 0 Å². The van der Waals surface area contributed by atoms with Gasteiger partial charge in [0.1, 0.15) is 0 Å². The molecule has 2 atom stereocenters. The van der Waals surface area contributed by atoms with E-state index >= 15 is 0 Å². The zero-order valence-corrected chi connectivity index (χ0v) is 14.8. The van der Waals surface area contributed by atoms with E-state index in [1.165, 1.54) is 51.7 Å². The summed E-state index contributed by atoms with van der Waals surface area (Å²) in [5.41, 5.74) is 1.03. The Kier molecular flexibility index (Phi) is 4.89. The Bertz CT molecular complexity index is 299. The molecule has 1 aliphatic heterocycles. The maximum Gasteiger partial charge on any atom is 0.000977 e. The highest BCUT2D eigenvalue weighted by atomic mass is 15.1. The van der Waals surface area contributed by atoms with Crippen LogP contribution >= 0.6 is 0 Å². The van der Waals surface area contributed by atoms with E-state index in [-0.39, 0.29) is 0 Å². The highest BCUT2D eigenvalue weighted by Crippen LogP contribution is 2.42. The Morgan fingerprint density at radius 3 is 1.75 bits per heavy atom. The van der Waals surface area contributed by atoms with Gasteiger partial charge in [-0.15, -0.1) is 0 Å². The molecule has 1 saturated carbocycles. The summed E-state index contributed by atoms with van der Waals surface area (Å²) in [6, 6.07) is 0. The lowest BCUT2D eigenvalue weighted by atomic mass is 9.75. The second kappa shape index (κ2) is 5.99. The predicted octanol–water partition coefficient (Wildman–Crippen LogP) is 5.21. The van der Waals surface area contributed by atoms with Gasteiger partial charge in [-0.3, -0.25) is 0 Å². The summed E-state index contributed by atoms with van der Waals surface area (Å²) in [5.74, 6) is 2.87. The Morgan fingerprint density at radius 1 is 0.750 bits per heavy atom. The molecule has 0 spiro atoms. The minimum atomic E-state index is 0.511. The summed E-state index contributed by atoms with van der Waals surface area (Å²) in [6.07, 6.45) is 7.24. The van der Waals surface area contributed by atoms with Crippen molar-refractivity contribution in [3.8, 4) is 0 Å². The fraction of sp³-hybridized carbons (Fsp3) is 1.00. The molecule has 0 aromatic heterocycles. The molecule has 1 nitrogen and oxygen atoms in total. The third kappa shape index (κ3) is 4.23. The molecule has 20 heavy (non-hydrogen) atoms. The largest absolute Gasteiger partial charge is 0.303 e. The fourth-order valence-corrected chi connectivity index (χ4v) is 4.37. The van der Waals surface area contributed by atoms with Crippen molar-refractivity contribution >= 4 is 0 Å². The third-order valence-electron chi connectivity index (χ3n) is 6.09. The van der Waals surface area contributed by atoms with Crippen LogP contribution in [0, 0.1) is 28.6 Å². The zero-order valence-electron chi connectivity index (χ0n) is 14.8. The average molecular weight is 280 g/mol. The minimum absolute atomic E-state index is 0.511. The van der Waals surface area contributed by atoms with Gasteiger partial charge in [0.05, 0.1) is 0 Å². The van der Waals surface area contributed by atoms with Crippen molar-refractivity contribution in [3.05, 3.63) is 0 Å². The van der Waals surface area contributed by atoms with Crippen molar-refractivity contribution in [2.24, 2.45) is 28.6 Å². The smallest absolute Gasteiger partial charge is 0.000977 e. The molecule has 0 amide bonds. The summed E-state index contributed by atoms with van der Waals surface area (Å²) in [7, 11) is 0. The van der Waals surface area contributed by atoms with Crippen LogP contribution in [0.2, 0.25) is 0 Å². The molecule has 1 heteroatoms. The van der Waals surface area contributed by atoms with Crippen molar-refractivity contribution in [2.75, 3.05) is 19.6 Å². The van der Waals surface area contributed by atoms with Crippen molar-refractivity contribution in [1.82, 2.24) is 4.90 Å². The lowest BCUT2D eigenvalue weighted by Gasteiger charge is -2.39. The van der Waals surface area contributed by atoms with Crippen LogP contribution in [-0.2, 0) is 0 Å². The fourth-order valence-electron chi connectivity index (χ4n) is 4.37. The summed E-state index contributed by atoms with van der Waals surface area (Å²) in [5, 5.41) is 0. The van der Waals surface area contributed by atoms with Gasteiger partial charge in [-0.1, -0.05) is 41.5 Å². The molecule has 0 N–H and O–H groups in total. The topological polar surface area (TPSA) is 3.24 Å². The van der Waals surface area contributed by atoms with Gasteiger partial charge in [0.2, 0.25) is 0 Å². The van der Waals surface area contributed by atoms with Crippen molar-refractivity contribution in [1.29, 1.82) is 0 Å². The van der Waals surface area contributed by atoms with Gasteiger partial charge >= 0.3 is 0 Å². The molecule has 2 fully saturated rings. The summed E-state index contributed by atoms with van der Waals surface area (Å²) >= 11 is 0. The first-order valence-corrected chi connectivity index (χ1v) is 8.88. The molecule has 118 valence electrons. The van der Waals surface area contributed by atoms with E-state index in [2.05, 4.69) is 46.4 Å². The first kappa shape index (κ1) is 16.3. The molecular weight excluding hydrogens is 242 g/mol. The molecule has 0 aromatic rings. The van der Waals surface area contributed by atoms with E-state index in [0.29, 0.717) is 10.8 Å². The van der Waals surface area contributed by atoms with Gasteiger partial charge < -0.3 is 4.90 Å². The molecule has 0 bridgehead atoms. The first-order chi connectivity index (χ1) is 9.16. The van der Waals surface area contributed by atoms with Gasteiger partial charge in [0.15, 0.2) is 0 Å². The number of piperidine rings is 1. The van der Waals surface area contributed by atoms with Gasteiger partial charge in [-0.05, 0) is 73.8 Å². The summed E-state index contributed by atoms with van der Waals surface area (Å²) < 4.78 is 0. The summed E-state index contributed by atoms with van der Waals surface area (Å²) in [6.45, 7) is 18.6. The second-order valence-corrected chi connectivity index (χ2v) is 9.68. The number of rotatable bonds is 2. The minimum Gasteiger partial charge on any atom is -0.303 e. The number of likely N-dealkylation sites (tertiary alicyclic amines) is 1. The van der Waals surface area contributed by atoms with E-state index in [0.717, 1.165) is 17.8 Å². The molecule has 1 saturated heterocycles. The van der Waals surface area contributed by atoms with E-state index in [4.69, 9.17) is 0 Å². The quantitative estimate of drug-likeness (QED) is 0.671. The monoisotopic (exact) mass is 279 g/mol. The number of hydrogen-bond donors (Lipinski definition) is 0. The molecule has 2 aliphatic rings. The molecule has 1 heterocycles. The lowest BCUT2D eigenvalue weighted by Crippen LogP contribution is -2.40. The van der Waals surface area contributed by atoms with Crippen molar-refractivity contribution in [2.45, 2.75) is 73.6 Å². The normalized spacial score (nSPS) is 30.9. The second-order valence-electron chi connectivity index (χ2n) is 9.68. The summed E-state index contributed by atoms with van der Waals surface area (Å²) in [4.78, 5) is 2.76. The number of nitrogens with zero attached hydrogens (tertiary/aromatic N) is 1. The SMILES string of the molecule is CC(C)(C)C1CCN(CC2CCC(C(C)(C)C)C2)CC1. The van der Waals surface area contributed by atoms with Gasteiger partial charge in [-0.2, -0.15) is 0 Å². The van der Waals surface area contributed by atoms with Gasteiger partial charge in [-0.25, -0.2) is 0 Å². The van der Waals surface area contributed by atoms with Crippen LogP contribution < -0.4 is 0 Å². The third-order valence-corrected chi connectivity index (χ3v) is 6.09. The van der Waals surface area contributed by atoms with Crippen molar-refractivity contribution in [3.63, 3.8) is 0 Å². The Labute approximate surface area is 127 Å². The number of hydrogen-bond acceptors (Lipinski definition) is 1. The van der Waals surface area contributed by atoms with E-state index in [9.17, 15) is 0 Å². The van der Waals surface area contributed by atoms with Crippen LogP contribution in [0.1, 0.15) is 73.6 Å². The molecule has 1 aliphatic carbocycles. The van der Waals surface area contributed by atoms with Crippen LogP contribution in [0.3, 0.4) is 0 Å². The maximum atomic E-state index is 2.76. The Hall–Kier alpha value is -0.0400. The van der Waals surface area contributed by atoms with E-state index < -0.39 is 0 Å². The molecule has 2 rings (SSSR count). The standard InChI is InChI=1S/C19H37N/c1-18(2,3)16-9-11-20(12-10-16)14-15-7-8-17(13-15)19(4,5)6/h15-17H,7-14H2,1-6H3. The van der Waals surface area contributed by atoms with E-state index in [1.807, 2.05) is 0 Å². The van der Waals surface area contributed by atoms with Crippen LogP contribution in [0.15, 0.2) is 0 Å². The molecule has 2 unspecified atom stereocenters. The van der Waals surface area contributed by atoms with Crippen LogP contribution in [0.25, 0.3) is 0 Å². The molecule has 0 aromatic carbocycles. The highest BCUT2D eigenvalue weighted by Gasteiger charge is 2.35. The molecular formula is C19H37N. The predicted molar refractivity (Wildman–Crippen MR) is 88.9 cm³/mol. The average Bonchev–Trinajstić information content (AvgIpc) is 2.77. The highest BCUT2D eigenvalue weighted by molar-refractivity contribution is 4.86. The van der Waals surface area contributed by atoms with Crippen LogP contribution in [0.4, 0.5) is 0 Å². The lowest BCUT2D eigenvalue weighted by molar-refractivity contribution is 0.0996. The van der Waals surface area contributed by atoms with E-state index in [1.54, 1.807) is 0 Å². The van der Waals surface area contributed by atoms with Crippen LogP contribution in [-0.4, -0.2) is 24.5 Å². The maximum absolute atomic E-state index is 2.76. The molecule has 0 radical (unpaired) electrons. The Balaban J connectivity index is 1.74. The van der Waals surface area contributed by atoms with Crippen LogP contribution in [0.5, 0.6) is 0 Å².